The fourth-order valence-corrected chi connectivity index (χ4v) is 5.80. The second kappa shape index (κ2) is 9.27. The number of carbonyl (C=O) groups is 1. The minimum absolute atomic E-state index is 0.0258. The topological polar surface area (TPSA) is 78.4 Å². The number of aliphatic hydroxyl groups is 1. The largest absolute Gasteiger partial charge is 0.391 e. The molecule has 1 saturated heterocycles. The van der Waals surface area contributed by atoms with E-state index in [1.165, 1.54) is 19.3 Å². The highest BCUT2D eigenvalue weighted by Gasteiger charge is 2.55. The lowest BCUT2D eigenvalue weighted by Crippen LogP contribution is -2.52. The third kappa shape index (κ3) is 4.64. The van der Waals surface area contributed by atoms with Gasteiger partial charge in [-0.15, -0.1) is 0 Å². The number of amides is 1. The fourth-order valence-electron chi connectivity index (χ4n) is 5.80. The fraction of sp³-hybridized carbons (Fsp3) is 0.720. The van der Waals surface area contributed by atoms with Crippen LogP contribution in [-0.2, 0) is 4.79 Å². The van der Waals surface area contributed by atoms with Gasteiger partial charge in [0.1, 0.15) is 12.1 Å². The van der Waals surface area contributed by atoms with Crippen LogP contribution in [0.25, 0.3) is 6.08 Å². The van der Waals surface area contributed by atoms with E-state index in [9.17, 15) is 9.90 Å². The van der Waals surface area contributed by atoms with Gasteiger partial charge in [-0.3, -0.25) is 4.79 Å². The van der Waals surface area contributed by atoms with Crippen molar-refractivity contribution < 1.29 is 9.90 Å². The standard InChI is InChI=1S/C25H38N4O2/c1-4-8-20-17(2)26-16-27-23(20)29-14-11-21(25(15-29)12-13-25)24(31)28-18(3)22(30)19-9-6-5-7-10-19/h4,8,16,18-19,21-22,30H,5-7,9-15H2,1-3H3,(H,28,31)/b8-4-/t18?,21-,22-/m1/s1. The summed E-state index contributed by atoms with van der Waals surface area (Å²) in [7, 11) is 0. The number of allylic oxidation sites excluding steroid dienone is 1. The van der Waals surface area contributed by atoms with E-state index in [1.807, 2.05) is 26.8 Å². The summed E-state index contributed by atoms with van der Waals surface area (Å²) >= 11 is 0. The number of piperidine rings is 1. The number of nitrogens with one attached hydrogen (secondary N) is 1. The number of anilines is 1. The van der Waals surface area contributed by atoms with Crippen LogP contribution in [0.4, 0.5) is 5.82 Å². The molecule has 4 rings (SSSR count). The van der Waals surface area contributed by atoms with Gasteiger partial charge in [0.05, 0.1) is 17.8 Å². The van der Waals surface area contributed by atoms with Crippen LogP contribution < -0.4 is 10.2 Å². The maximum Gasteiger partial charge on any atom is 0.224 e. The highest BCUT2D eigenvalue weighted by molar-refractivity contribution is 5.81. The van der Waals surface area contributed by atoms with E-state index in [4.69, 9.17) is 0 Å². The Hall–Kier alpha value is -1.95. The van der Waals surface area contributed by atoms with Gasteiger partial charge in [-0.25, -0.2) is 9.97 Å². The van der Waals surface area contributed by atoms with Gasteiger partial charge in [0.2, 0.25) is 5.91 Å². The summed E-state index contributed by atoms with van der Waals surface area (Å²) in [6.45, 7) is 7.69. The van der Waals surface area contributed by atoms with Gasteiger partial charge in [0.15, 0.2) is 0 Å². The number of rotatable bonds is 6. The van der Waals surface area contributed by atoms with Gasteiger partial charge < -0.3 is 15.3 Å². The molecule has 1 amide bonds. The van der Waals surface area contributed by atoms with Gasteiger partial charge in [-0.2, -0.15) is 0 Å². The van der Waals surface area contributed by atoms with E-state index >= 15 is 0 Å². The molecular weight excluding hydrogens is 388 g/mol. The molecule has 1 aromatic rings. The van der Waals surface area contributed by atoms with Crippen LogP contribution in [-0.4, -0.2) is 46.2 Å². The number of hydrogen-bond acceptors (Lipinski definition) is 5. The molecule has 31 heavy (non-hydrogen) atoms. The van der Waals surface area contributed by atoms with Crippen LogP contribution in [0.3, 0.4) is 0 Å². The van der Waals surface area contributed by atoms with Crippen LogP contribution in [0.1, 0.15) is 76.5 Å². The van der Waals surface area contributed by atoms with Crippen molar-refractivity contribution in [3.05, 3.63) is 23.7 Å². The van der Waals surface area contributed by atoms with Crippen LogP contribution in [0.2, 0.25) is 0 Å². The number of carbonyl (C=O) groups excluding carboxylic acids is 1. The first-order valence-electron chi connectivity index (χ1n) is 12.1. The van der Waals surface area contributed by atoms with Gasteiger partial charge in [-0.05, 0) is 64.2 Å². The number of aliphatic hydroxyl groups excluding tert-OH is 1. The summed E-state index contributed by atoms with van der Waals surface area (Å²) in [5.41, 5.74) is 2.11. The monoisotopic (exact) mass is 426 g/mol. The highest BCUT2D eigenvalue weighted by Crippen LogP contribution is 2.56. The van der Waals surface area contributed by atoms with E-state index in [0.29, 0.717) is 5.92 Å². The average molecular weight is 427 g/mol. The molecule has 6 nitrogen and oxygen atoms in total. The zero-order valence-electron chi connectivity index (χ0n) is 19.3. The lowest BCUT2D eigenvalue weighted by Gasteiger charge is -2.40. The number of aryl methyl sites for hydroxylation is 1. The Labute approximate surface area is 186 Å². The molecule has 2 saturated carbocycles. The predicted molar refractivity (Wildman–Crippen MR) is 124 cm³/mol. The molecule has 3 atom stereocenters. The maximum absolute atomic E-state index is 13.2. The minimum Gasteiger partial charge on any atom is -0.391 e. The van der Waals surface area contributed by atoms with Gasteiger partial charge in [0, 0.05) is 24.6 Å². The Balaban J connectivity index is 1.41. The Bertz CT molecular complexity index is 814. The molecule has 0 aromatic carbocycles. The predicted octanol–water partition coefficient (Wildman–Crippen LogP) is 3.87. The van der Waals surface area contributed by atoms with E-state index in [-0.39, 0.29) is 23.3 Å². The van der Waals surface area contributed by atoms with Gasteiger partial charge >= 0.3 is 0 Å². The Morgan fingerprint density at radius 1 is 1.26 bits per heavy atom. The van der Waals surface area contributed by atoms with Gasteiger partial charge in [-0.1, -0.05) is 31.4 Å². The minimum atomic E-state index is -0.438. The Kier molecular flexibility index (Phi) is 6.65. The lowest BCUT2D eigenvalue weighted by molar-refractivity contribution is -0.129. The van der Waals surface area contributed by atoms with Crippen molar-refractivity contribution in [2.45, 2.75) is 84.3 Å². The first-order valence-corrected chi connectivity index (χ1v) is 12.1. The van der Waals surface area contributed by atoms with E-state index < -0.39 is 6.10 Å². The molecule has 2 heterocycles. The van der Waals surface area contributed by atoms with Crippen molar-refractivity contribution in [1.29, 1.82) is 0 Å². The third-order valence-corrected chi connectivity index (χ3v) is 7.85. The molecule has 3 fully saturated rings. The molecule has 1 unspecified atom stereocenters. The van der Waals surface area contributed by atoms with Crippen molar-refractivity contribution >= 4 is 17.8 Å². The van der Waals surface area contributed by atoms with Crippen LogP contribution in [0.5, 0.6) is 0 Å². The molecular formula is C25H38N4O2. The molecule has 6 heteroatoms. The van der Waals surface area contributed by atoms with Crippen molar-refractivity contribution in [3.63, 3.8) is 0 Å². The van der Waals surface area contributed by atoms with Crippen LogP contribution >= 0.6 is 0 Å². The SMILES string of the molecule is C/C=C\c1c(C)ncnc1N1CC[C@H](C(=O)NC(C)[C@@H](O)C2CCCCC2)C2(CC2)C1. The highest BCUT2D eigenvalue weighted by atomic mass is 16.3. The van der Waals surface area contributed by atoms with Crippen molar-refractivity contribution in [2.24, 2.45) is 17.3 Å². The second-order valence-corrected chi connectivity index (χ2v) is 10.0. The Morgan fingerprint density at radius 3 is 2.68 bits per heavy atom. The number of hydrogen-bond donors (Lipinski definition) is 2. The summed E-state index contributed by atoms with van der Waals surface area (Å²) in [6.07, 6.45) is 14.1. The molecule has 1 aromatic heterocycles. The molecule has 170 valence electrons. The molecule has 0 radical (unpaired) electrons. The first kappa shape index (κ1) is 22.3. The third-order valence-electron chi connectivity index (χ3n) is 7.85. The Morgan fingerprint density at radius 2 is 2.00 bits per heavy atom. The maximum atomic E-state index is 13.2. The number of nitrogens with zero attached hydrogens (tertiary/aromatic N) is 3. The zero-order valence-corrected chi connectivity index (χ0v) is 19.3. The van der Waals surface area contributed by atoms with Crippen molar-refractivity contribution in [1.82, 2.24) is 15.3 Å². The number of aromatic nitrogens is 2. The lowest BCUT2D eigenvalue weighted by atomic mass is 9.80. The van der Waals surface area contributed by atoms with Crippen LogP contribution in [0.15, 0.2) is 12.4 Å². The smallest absolute Gasteiger partial charge is 0.224 e. The van der Waals surface area contributed by atoms with E-state index in [2.05, 4.69) is 26.3 Å². The zero-order chi connectivity index (χ0) is 22.0. The summed E-state index contributed by atoms with van der Waals surface area (Å²) in [5.74, 6) is 1.47. The normalized spacial score (nSPS) is 25.5. The summed E-state index contributed by atoms with van der Waals surface area (Å²) in [6, 6.07) is -0.185. The summed E-state index contributed by atoms with van der Waals surface area (Å²) in [4.78, 5) is 24.5. The quantitative estimate of drug-likeness (QED) is 0.722. The van der Waals surface area contributed by atoms with Crippen LogP contribution in [0, 0.1) is 24.2 Å². The molecule has 0 bridgehead atoms. The van der Waals surface area contributed by atoms with Crippen molar-refractivity contribution in [2.75, 3.05) is 18.0 Å². The average Bonchev–Trinajstić information content (AvgIpc) is 3.54. The van der Waals surface area contributed by atoms with E-state index in [0.717, 1.165) is 62.3 Å². The molecule has 2 N–H and O–H groups in total. The van der Waals surface area contributed by atoms with E-state index in [1.54, 1.807) is 6.33 Å². The molecule has 1 aliphatic heterocycles. The molecule has 2 aliphatic carbocycles. The van der Waals surface area contributed by atoms with Gasteiger partial charge in [0.25, 0.3) is 0 Å². The van der Waals surface area contributed by atoms with Crippen molar-refractivity contribution in [3.8, 4) is 0 Å². The first-order chi connectivity index (χ1) is 14.9. The summed E-state index contributed by atoms with van der Waals surface area (Å²) < 4.78 is 0. The molecule has 1 spiro atoms. The summed E-state index contributed by atoms with van der Waals surface area (Å²) in [5, 5.41) is 14.0. The second-order valence-electron chi connectivity index (χ2n) is 10.0. The molecule has 3 aliphatic rings.